The summed E-state index contributed by atoms with van der Waals surface area (Å²) in [5.41, 5.74) is 10.6. The molecule has 47 heavy (non-hydrogen) atoms. The Labute approximate surface area is 276 Å². The highest BCUT2D eigenvalue weighted by atomic mass is 16.5. The van der Waals surface area contributed by atoms with Gasteiger partial charge < -0.3 is 25.8 Å². The maximum Gasteiger partial charge on any atom is 0.320 e. The molecule has 11 nitrogen and oxygen atoms in total. The quantitative estimate of drug-likeness (QED) is 0.157. The lowest BCUT2D eigenvalue weighted by atomic mass is 9.85. The topological polar surface area (TPSA) is 165 Å². The number of likely N-dealkylation sites (tertiary alicyclic amines) is 1. The van der Waals surface area contributed by atoms with Crippen LogP contribution in [0.3, 0.4) is 0 Å². The first kappa shape index (κ1) is 33.5. The number of amides is 2. The van der Waals surface area contributed by atoms with E-state index in [1.165, 1.54) is 4.57 Å². The summed E-state index contributed by atoms with van der Waals surface area (Å²) in [6, 6.07) is 18.2. The van der Waals surface area contributed by atoms with Crippen LogP contribution in [0.15, 0.2) is 83.6 Å². The zero-order valence-corrected chi connectivity index (χ0v) is 27.6. The van der Waals surface area contributed by atoms with Gasteiger partial charge in [-0.15, -0.1) is 0 Å². The largest absolute Gasteiger partial charge is 0.484 e. The molecular formula is C36H46N8O3. The lowest BCUT2D eigenvalue weighted by molar-refractivity contribution is 0.170. The van der Waals surface area contributed by atoms with E-state index in [-0.39, 0.29) is 47.7 Å². The van der Waals surface area contributed by atoms with E-state index in [4.69, 9.17) is 21.3 Å². The van der Waals surface area contributed by atoms with Gasteiger partial charge in [0.2, 0.25) is 5.96 Å². The minimum absolute atomic E-state index is 0.0267. The van der Waals surface area contributed by atoms with Crippen molar-refractivity contribution in [2.24, 2.45) is 16.1 Å². The Morgan fingerprint density at radius 1 is 1.09 bits per heavy atom. The van der Waals surface area contributed by atoms with Gasteiger partial charge in [-0.1, -0.05) is 62.7 Å². The monoisotopic (exact) mass is 638 g/mol. The number of allylic oxidation sites excluding steroid dienone is 1. The standard InChI is InChI=1S/C36H46N8O3/c1-23-11-13-24(14-12-23)40-33(20-31(37)36(2,3)4)42-35(46)41-29-16-17-30(28-10-6-5-9-27(28)29)47-26-15-18-32(38)44(21-26)34(39)43-19-7-8-25(43)22-45/h5-6,9-15,18,20-21,25,29-30,38-39,45H,7-8,16-17,19,22,37H2,1-4H3,(H2,40,41,42,46)/b31-20-,38-32?,39-34?/t25-,29+,30-/m1/s1. The first-order valence-corrected chi connectivity index (χ1v) is 16.1. The van der Waals surface area contributed by atoms with E-state index in [1.807, 2.05) is 81.1 Å². The van der Waals surface area contributed by atoms with Crippen molar-refractivity contribution in [3.05, 3.63) is 101 Å². The van der Waals surface area contributed by atoms with E-state index in [2.05, 4.69) is 15.6 Å². The molecule has 0 saturated carbocycles. The Balaban J connectivity index is 1.32. The third-order valence-electron chi connectivity index (χ3n) is 8.71. The molecule has 2 aliphatic rings. The minimum atomic E-state index is -0.387. The van der Waals surface area contributed by atoms with Crippen LogP contribution in [0.2, 0.25) is 0 Å². The fraction of sp³-hybridized carbons (Fsp3) is 0.389. The number of fused-ring (bicyclic) bond motifs is 1. The predicted octanol–water partition coefficient (Wildman–Crippen LogP) is 5.39. The number of urea groups is 1. The van der Waals surface area contributed by atoms with E-state index in [0.29, 0.717) is 42.4 Å². The number of ether oxygens (including phenoxy) is 1. The van der Waals surface area contributed by atoms with Gasteiger partial charge in [-0.05, 0) is 68.0 Å². The van der Waals surface area contributed by atoms with E-state index < -0.39 is 0 Å². The number of carbonyl (C=O) groups excluding carboxylic acids is 1. The molecule has 248 valence electrons. The summed E-state index contributed by atoms with van der Waals surface area (Å²) in [5, 5.41) is 33.0. The summed E-state index contributed by atoms with van der Waals surface area (Å²) in [6.07, 6.45) is 6.09. The molecular weight excluding hydrogens is 592 g/mol. The fourth-order valence-electron chi connectivity index (χ4n) is 5.89. The number of nitrogens with two attached hydrogens (primary N) is 1. The number of hydrogen-bond acceptors (Lipinski definition) is 7. The zero-order valence-electron chi connectivity index (χ0n) is 27.6. The smallest absolute Gasteiger partial charge is 0.320 e. The van der Waals surface area contributed by atoms with Crippen molar-refractivity contribution >= 4 is 23.5 Å². The van der Waals surface area contributed by atoms with Gasteiger partial charge in [0.05, 0.1) is 30.6 Å². The summed E-state index contributed by atoms with van der Waals surface area (Å²) in [5.74, 6) is 1.04. The van der Waals surface area contributed by atoms with Gasteiger partial charge in [-0.2, -0.15) is 0 Å². The lowest BCUT2D eigenvalue weighted by Crippen LogP contribution is -2.44. The number of nitrogens with zero attached hydrogens (tertiary/aromatic N) is 3. The Kier molecular flexibility index (Phi) is 10.1. The van der Waals surface area contributed by atoms with Crippen LogP contribution < -0.4 is 26.6 Å². The highest BCUT2D eigenvalue weighted by molar-refractivity contribution is 6.05. The summed E-state index contributed by atoms with van der Waals surface area (Å²) >= 11 is 0. The number of amidine groups is 1. The van der Waals surface area contributed by atoms with Crippen molar-refractivity contribution in [3.8, 4) is 5.75 Å². The molecule has 1 saturated heterocycles. The summed E-state index contributed by atoms with van der Waals surface area (Å²) in [4.78, 5) is 19.9. The molecule has 0 bridgehead atoms. The van der Waals surface area contributed by atoms with Crippen molar-refractivity contribution in [1.29, 1.82) is 10.8 Å². The summed E-state index contributed by atoms with van der Waals surface area (Å²) in [6.45, 7) is 8.66. The van der Waals surface area contributed by atoms with Crippen LogP contribution in [0.25, 0.3) is 0 Å². The number of benzene rings is 2. The summed E-state index contributed by atoms with van der Waals surface area (Å²) in [7, 11) is 0. The second-order valence-electron chi connectivity index (χ2n) is 13.3. The Hall–Kier alpha value is -4.90. The molecule has 1 aliphatic carbocycles. The van der Waals surface area contributed by atoms with Gasteiger partial charge in [0.25, 0.3) is 0 Å². The van der Waals surface area contributed by atoms with Crippen molar-refractivity contribution in [3.63, 3.8) is 0 Å². The van der Waals surface area contributed by atoms with E-state index in [0.717, 1.165) is 29.5 Å². The molecule has 11 heteroatoms. The highest BCUT2D eigenvalue weighted by Gasteiger charge is 2.31. The van der Waals surface area contributed by atoms with E-state index >= 15 is 0 Å². The molecule has 2 amide bonds. The van der Waals surface area contributed by atoms with Crippen LogP contribution in [-0.2, 0) is 0 Å². The number of aliphatic hydroxyl groups excluding tert-OH is 1. The van der Waals surface area contributed by atoms with Crippen LogP contribution in [0.4, 0.5) is 10.5 Å². The first-order valence-electron chi connectivity index (χ1n) is 16.1. The lowest BCUT2D eigenvalue weighted by Gasteiger charge is -2.32. The number of aliphatic imine (C=N–C) groups is 1. The molecule has 1 aliphatic heterocycles. The average Bonchev–Trinajstić information content (AvgIpc) is 3.52. The third kappa shape index (κ3) is 8.10. The first-order chi connectivity index (χ1) is 22.4. The molecule has 2 heterocycles. The SMILES string of the molecule is Cc1ccc(N=C(/C=C(\N)C(C)(C)C)NC(=O)N[C@H]2CC[C@@H](Oc3ccc(=N)n(C(=N)N4CCC[C@@H]4CO)c3)c3ccccc32)cc1. The van der Waals surface area contributed by atoms with Crippen LogP contribution in [0.1, 0.15) is 75.3 Å². The number of hydrogen-bond donors (Lipinski definition) is 6. The molecule has 1 aromatic heterocycles. The second-order valence-corrected chi connectivity index (χ2v) is 13.3. The number of aromatic nitrogens is 1. The van der Waals surface area contributed by atoms with Crippen molar-refractivity contribution in [2.45, 2.75) is 71.6 Å². The fourth-order valence-corrected chi connectivity index (χ4v) is 5.89. The number of aliphatic hydroxyl groups is 1. The average molecular weight is 639 g/mol. The second kappa shape index (κ2) is 14.3. The maximum atomic E-state index is 13.4. The van der Waals surface area contributed by atoms with Crippen molar-refractivity contribution in [1.82, 2.24) is 20.1 Å². The van der Waals surface area contributed by atoms with Crippen LogP contribution in [0, 0.1) is 23.2 Å². The van der Waals surface area contributed by atoms with Gasteiger partial charge in [-0.3, -0.25) is 20.7 Å². The molecule has 5 rings (SSSR count). The van der Waals surface area contributed by atoms with Crippen molar-refractivity contribution in [2.75, 3.05) is 13.2 Å². The molecule has 1 fully saturated rings. The molecule has 3 atom stereocenters. The van der Waals surface area contributed by atoms with Gasteiger partial charge in [-0.25, -0.2) is 9.79 Å². The highest BCUT2D eigenvalue weighted by Crippen LogP contribution is 2.38. The predicted molar refractivity (Wildman–Crippen MR) is 184 cm³/mol. The number of aryl methyl sites for hydroxylation is 1. The molecule has 0 radical (unpaired) electrons. The third-order valence-corrected chi connectivity index (χ3v) is 8.71. The van der Waals surface area contributed by atoms with Gasteiger partial charge in [0, 0.05) is 23.7 Å². The summed E-state index contributed by atoms with van der Waals surface area (Å²) < 4.78 is 7.96. The van der Waals surface area contributed by atoms with Gasteiger partial charge in [0.1, 0.15) is 23.2 Å². The van der Waals surface area contributed by atoms with E-state index in [1.54, 1.807) is 24.4 Å². The van der Waals surface area contributed by atoms with Crippen LogP contribution in [-0.4, -0.2) is 51.6 Å². The molecule has 2 aromatic carbocycles. The minimum Gasteiger partial charge on any atom is -0.484 e. The molecule has 7 N–H and O–H groups in total. The van der Waals surface area contributed by atoms with Crippen LogP contribution >= 0.6 is 0 Å². The molecule has 0 unspecified atom stereocenters. The van der Waals surface area contributed by atoms with Gasteiger partial charge >= 0.3 is 6.03 Å². The normalized spacial score (nSPS) is 20.0. The van der Waals surface area contributed by atoms with Gasteiger partial charge in [0.15, 0.2) is 0 Å². The Bertz CT molecular complexity index is 1720. The Morgan fingerprint density at radius 3 is 2.51 bits per heavy atom. The zero-order chi connectivity index (χ0) is 33.7. The molecule has 3 aromatic rings. The molecule has 0 spiro atoms. The number of rotatable bonds is 6. The van der Waals surface area contributed by atoms with Crippen LogP contribution in [0.5, 0.6) is 5.75 Å². The maximum absolute atomic E-state index is 13.4. The Morgan fingerprint density at radius 2 is 1.81 bits per heavy atom. The number of pyridine rings is 1. The number of carbonyl (C=O) groups is 1. The van der Waals surface area contributed by atoms with Crippen molar-refractivity contribution < 1.29 is 14.6 Å². The van der Waals surface area contributed by atoms with E-state index in [9.17, 15) is 9.90 Å². The number of nitrogens with one attached hydrogen (secondary N) is 4.